The molecule has 0 aliphatic carbocycles. The number of hydrogen-bond donors (Lipinski definition) is 2. The van der Waals surface area contributed by atoms with Crippen molar-refractivity contribution < 1.29 is 4.42 Å². The molecule has 2 aromatic carbocycles. The van der Waals surface area contributed by atoms with Crippen LogP contribution in [0.15, 0.2) is 77.4 Å². The third kappa shape index (κ3) is 3.52. The molecule has 0 aliphatic rings. The molecule has 0 amide bonds. The van der Waals surface area contributed by atoms with Crippen LogP contribution in [0.4, 0.5) is 11.8 Å². The molecule has 2 heterocycles. The summed E-state index contributed by atoms with van der Waals surface area (Å²) in [6.45, 7) is 2.67. The Morgan fingerprint density at radius 2 is 1.73 bits per heavy atom. The van der Waals surface area contributed by atoms with Gasteiger partial charge in [-0.1, -0.05) is 42.5 Å². The summed E-state index contributed by atoms with van der Waals surface area (Å²) in [7, 11) is 0. The van der Waals surface area contributed by atoms with E-state index in [0.717, 1.165) is 22.5 Å². The summed E-state index contributed by atoms with van der Waals surface area (Å²) in [6.07, 6.45) is 1.66. The standard InChI is InChI=1S/C21H20N4O/c1-15(16-8-3-2-4-9-16)23-20-18-11-5-6-12-19(18)24-21(25-20)22-14-17-10-7-13-26-17/h2-13,15H,14H2,1H3,(H2,22,23,24,25). The van der Waals surface area contributed by atoms with Gasteiger partial charge in [0.25, 0.3) is 0 Å². The zero-order chi connectivity index (χ0) is 17.8. The maximum absolute atomic E-state index is 5.36. The van der Waals surface area contributed by atoms with Gasteiger partial charge < -0.3 is 15.1 Å². The number of aromatic nitrogens is 2. The molecule has 5 heteroatoms. The number of hydrogen-bond acceptors (Lipinski definition) is 5. The fourth-order valence-electron chi connectivity index (χ4n) is 2.88. The summed E-state index contributed by atoms with van der Waals surface area (Å²) in [5.41, 5.74) is 2.10. The van der Waals surface area contributed by atoms with Crippen molar-refractivity contribution in [3.8, 4) is 0 Å². The third-order valence-electron chi connectivity index (χ3n) is 4.26. The first-order valence-corrected chi connectivity index (χ1v) is 8.64. The number of rotatable bonds is 6. The van der Waals surface area contributed by atoms with E-state index in [1.54, 1.807) is 6.26 Å². The Hall–Kier alpha value is -3.34. The summed E-state index contributed by atoms with van der Waals surface area (Å²) in [5.74, 6) is 2.23. The van der Waals surface area contributed by atoms with Crippen LogP contribution in [0.5, 0.6) is 0 Å². The lowest BCUT2D eigenvalue weighted by atomic mass is 10.1. The lowest BCUT2D eigenvalue weighted by molar-refractivity contribution is 0.517. The predicted octanol–water partition coefficient (Wildman–Crippen LogP) is 5.01. The van der Waals surface area contributed by atoms with Crippen molar-refractivity contribution in [1.29, 1.82) is 0 Å². The van der Waals surface area contributed by atoms with Crippen molar-refractivity contribution in [3.63, 3.8) is 0 Å². The molecule has 1 atom stereocenters. The average molecular weight is 344 g/mol. The molecule has 0 bridgehead atoms. The van der Waals surface area contributed by atoms with Gasteiger partial charge in [-0.25, -0.2) is 4.98 Å². The fourth-order valence-corrected chi connectivity index (χ4v) is 2.88. The van der Waals surface area contributed by atoms with Gasteiger partial charge in [0, 0.05) is 11.4 Å². The van der Waals surface area contributed by atoms with Crippen molar-refractivity contribution in [2.45, 2.75) is 19.5 Å². The second kappa shape index (κ2) is 7.27. The minimum Gasteiger partial charge on any atom is -0.467 e. The molecule has 5 nitrogen and oxygen atoms in total. The van der Waals surface area contributed by atoms with Crippen LogP contribution in [0.25, 0.3) is 10.9 Å². The Morgan fingerprint density at radius 3 is 2.54 bits per heavy atom. The molecule has 0 fully saturated rings. The quantitative estimate of drug-likeness (QED) is 0.515. The van der Waals surface area contributed by atoms with Gasteiger partial charge >= 0.3 is 0 Å². The van der Waals surface area contributed by atoms with Gasteiger partial charge in [0.1, 0.15) is 11.6 Å². The summed E-state index contributed by atoms with van der Waals surface area (Å²) in [4.78, 5) is 9.30. The molecular weight excluding hydrogens is 324 g/mol. The number of benzene rings is 2. The summed E-state index contributed by atoms with van der Waals surface area (Å²) in [6, 6.07) is 22.3. The van der Waals surface area contributed by atoms with E-state index in [-0.39, 0.29) is 6.04 Å². The van der Waals surface area contributed by atoms with Gasteiger partial charge in [-0.15, -0.1) is 0 Å². The van der Waals surface area contributed by atoms with Gasteiger partial charge in [0.05, 0.1) is 18.3 Å². The van der Waals surface area contributed by atoms with Crippen LogP contribution in [0.3, 0.4) is 0 Å². The first-order valence-electron chi connectivity index (χ1n) is 8.64. The molecule has 4 aromatic rings. The number of furan rings is 1. The third-order valence-corrected chi connectivity index (χ3v) is 4.26. The fraction of sp³-hybridized carbons (Fsp3) is 0.143. The van der Waals surface area contributed by atoms with Crippen LogP contribution in [-0.2, 0) is 6.54 Å². The van der Waals surface area contributed by atoms with E-state index in [1.165, 1.54) is 5.56 Å². The van der Waals surface area contributed by atoms with E-state index in [4.69, 9.17) is 9.40 Å². The van der Waals surface area contributed by atoms with Crippen molar-refractivity contribution in [3.05, 3.63) is 84.3 Å². The maximum atomic E-state index is 5.36. The number of fused-ring (bicyclic) bond motifs is 1. The molecule has 130 valence electrons. The normalized spacial score (nSPS) is 12.0. The number of anilines is 2. The van der Waals surface area contributed by atoms with Crippen LogP contribution in [0.1, 0.15) is 24.3 Å². The lowest BCUT2D eigenvalue weighted by Gasteiger charge is -2.17. The van der Waals surface area contributed by atoms with Crippen LogP contribution in [-0.4, -0.2) is 9.97 Å². The molecular formula is C21H20N4O. The van der Waals surface area contributed by atoms with Gasteiger partial charge in [-0.3, -0.25) is 0 Å². The highest BCUT2D eigenvalue weighted by atomic mass is 16.3. The zero-order valence-electron chi connectivity index (χ0n) is 14.5. The molecule has 4 rings (SSSR count). The van der Waals surface area contributed by atoms with Crippen molar-refractivity contribution in [2.24, 2.45) is 0 Å². The minimum absolute atomic E-state index is 0.132. The van der Waals surface area contributed by atoms with E-state index in [9.17, 15) is 0 Å². The smallest absolute Gasteiger partial charge is 0.225 e. The Kier molecular flexibility index (Phi) is 4.51. The molecule has 0 radical (unpaired) electrons. The van der Waals surface area contributed by atoms with E-state index in [0.29, 0.717) is 12.5 Å². The predicted molar refractivity (Wildman–Crippen MR) is 104 cm³/mol. The van der Waals surface area contributed by atoms with Gasteiger partial charge in [0.15, 0.2) is 0 Å². The average Bonchev–Trinajstić information content (AvgIpc) is 3.21. The Balaban J connectivity index is 1.63. The molecule has 26 heavy (non-hydrogen) atoms. The lowest BCUT2D eigenvalue weighted by Crippen LogP contribution is -2.11. The maximum Gasteiger partial charge on any atom is 0.225 e. The molecule has 2 aromatic heterocycles. The van der Waals surface area contributed by atoms with E-state index in [1.807, 2.05) is 54.6 Å². The Morgan fingerprint density at radius 1 is 0.923 bits per heavy atom. The van der Waals surface area contributed by atoms with Crippen molar-refractivity contribution >= 4 is 22.7 Å². The topological polar surface area (TPSA) is 63.0 Å². The second-order valence-corrected chi connectivity index (χ2v) is 6.12. The number of para-hydroxylation sites is 1. The van der Waals surface area contributed by atoms with Crippen LogP contribution < -0.4 is 10.6 Å². The molecule has 0 spiro atoms. The van der Waals surface area contributed by atoms with Crippen LogP contribution >= 0.6 is 0 Å². The minimum atomic E-state index is 0.132. The Bertz CT molecular complexity index is 984. The first kappa shape index (κ1) is 16.1. The highest BCUT2D eigenvalue weighted by molar-refractivity contribution is 5.90. The molecule has 1 unspecified atom stereocenters. The summed E-state index contributed by atoms with van der Waals surface area (Å²) >= 11 is 0. The molecule has 0 aliphatic heterocycles. The monoisotopic (exact) mass is 344 g/mol. The van der Waals surface area contributed by atoms with Crippen molar-refractivity contribution in [1.82, 2.24) is 9.97 Å². The van der Waals surface area contributed by atoms with Gasteiger partial charge in [-0.05, 0) is 36.8 Å². The molecule has 0 saturated carbocycles. The SMILES string of the molecule is CC(Nc1nc(NCc2ccco2)nc2ccccc12)c1ccccc1. The number of nitrogens with zero attached hydrogens (tertiary/aromatic N) is 2. The van der Waals surface area contributed by atoms with Gasteiger partial charge in [-0.2, -0.15) is 4.98 Å². The Labute approximate surface area is 152 Å². The first-order chi connectivity index (χ1) is 12.8. The largest absolute Gasteiger partial charge is 0.467 e. The number of nitrogens with one attached hydrogen (secondary N) is 2. The summed E-state index contributed by atoms with van der Waals surface area (Å²) in [5, 5.41) is 7.76. The van der Waals surface area contributed by atoms with Crippen LogP contribution in [0.2, 0.25) is 0 Å². The van der Waals surface area contributed by atoms with E-state index in [2.05, 4.69) is 34.7 Å². The second-order valence-electron chi connectivity index (χ2n) is 6.12. The molecule has 2 N–H and O–H groups in total. The van der Waals surface area contributed by atoms with Crippen LogP contribution in [0, 0.1) is 0 Å². The van der Waals surface area contributed by atoms with Gasteiger partial charge in [0.2, 0.25) is 5.95 Å². The zero-order valence-corrected chi connectivity index (χ0v) is 14.5. The van der Waals surface area contributed by atoms with Crippen molar-refractivity contribution in [2.75, 3.05) is 10.6 Å². The highest BCUT2D eigenvalue weighted by Crippen LogP contribution is 2.26. The molecule has 0 saturated heterocycles. The van der Waals surface area contributed by atoms with E-state index < -0.39 is 0 Å². The highest BCUT2D eigenvalue weighted by Gasteiger charge is 2.11. The summed E-state index contributed by atoms with van der Waals surface area (Å²) < 4.78 is 5.36. The van der Waals surface area contributed by atoms with E-state index >= 15 is 0 Å².